The van der Waals surface area contributed by atoms with Crippen LogP contribution in [-0.4, -0.2) is 33.4 Å². The van der Waals surface area contributed by atoms with Gasteiger partial charge in [-0.15, -0.1) is 0 Å². The van der Waals surface area contributed by atoms with Crippen LogP contribution in [0.3, 0.4) is 0 Å². The summed E-state index contributed by atoms with van der Waals surface area (Å²) in [5.74, 6) is 0.768. The Balaban J connectivity index is 1.67. The zero-order valence-corrected chi connectivity index (χ0v) is 14.8. The first-order chi connectivity index (χ1) is 11.6. The van der Waals surface area contributed by atoms with E-state index in [9.17, 15) is 9.59 Å². The van der Waals surface area contributed by atoms with Crippen LogP contribution >= 0.6 is 12.2 Å². The first-order valence-corrected chi connectivity index (χ1v) is 8.96. The summed E-state index contributed by atoms with van der Waals surface area (Å²) in [4.78, 5) is 29.9. The van der Waals surface area contributed by atoms with E-state index in [1.807, 2.05) is 23.1 Å². The zero-order chi connectivity index (χ0) is 17.1. The maximum atomic E-state index is 12.6. The molecule has 128 valence electrons. The second-order valence-electron chi connectivity index (χ2n) is 6.62. The van der Waals surface area contributed by atoms with E-state index in [0.717, 1.165) is 25.0 Å². The summed E-state index contributed by atoms with van der Waals surface area (Å²) in [6.45, 7) is 4.37. The van der Waals surface area contributed by atoms with Gasteiger partial charge in [0.2, 0.25) is 5.91 Å². The summed E-state index contributed by atoms with van der Waals surface area (Å²) in [6, 6.07) is 7.35. The lowest BCUT2D eigenvalue weighted by molar-refractivity contribution is -0.133. The van der Waals surface area contributed by atoms with E-state index in [4.69, 9.17) is 12.2 Å². The Hall–Kier alpha value is -1.95. The highest BCUT2D eigenvalue weighted by molar-refractivity contribution is 7.71. The summed E-state index contributed by atoms with van der Waals surface area (Å²) in [7, 11) is 0. The first kappa shape index (κ1) is 16.9. The van der Waals surface area contributed by atoms with Crippen molar-refractivity contribution < 1.29 is 4.79 Å². The number of benzene rings is 1. The molecular weight excluding hydrogens is 322 g/mol. The molecule has 1 aromatic heterocycles. The summed E-state index contributed by atoms with van der Waals surface area (Å²) in [6.07, 6.45) is 3.37. The molecule has 1 aliphatic heterocycles. The Labute approximate surface area is 146 Å². The fraction of sp³-hybridized carbons (Fsp3) is 0.500. The molecule has 2 heterocycles. The molecule has 0 bridgehead atoms. The molecule has 0 radical (unpaired) electrons. The van der Waals surface area contributed by atoms with E-state index in [-0.39, 0.29) is 11.5 Å². The Morgan fingerprint density at radius 2 is 2.17 bits per heavy atom. The third-order valence-corrected chi connectivity index (χ3v) is 4.99. The molecule has 1 atom stereocenters. The number of fused-ring (bicyclic) bond motifs is 1. The molecule has 1 amide bonds. The lowest BCUT2D eigenvalue weighted by atomic mass is 10.00. The SMILES string of the molecule is C[C@@H]1CCCN(C(=O)CCCn2c(=S)[nH]c3ccccc3c2=O)C1. The van der Waals surface area contributed by atoms with Gasteiger partial charge in [-0.3, -0.25) is 14.2 Å². The normalized spacial score (nSPS) is 18.0. The highest BCUT2D eigenvalue weighted by Crippen LogP contribution is 2.16. The highest BCUT2D eigenvalue weighted by Gasteiger charge is 2.20. The van der Waals surface area contributed by atoms with Gasteiger partial charge < -0.3 is 9.88 Å². The Morgan fingerprint density at radius 3 is 2.96 bits per heavy atom. The predicted octanol–water partition coefficient (Wildman–Crippen LogP) is 3.10. The van der Waals surface area contributed by atoms with Gasteiger partial charge >= 0.3 is 0 Å². The van der Waals surface area contributed by atoms with Gasteiger partial charge in [-0.25, -0.2) is 0 Å². The third-order valence-electron chi connectivity index (χ3n) is 4.67. The van der Waals surface area contributed by atoms with Crippen LogP contribution in [0.25, 0.3) is 10.9 Å². The van der Waals surface area contributed by atoms with Gasteiger partial charge in [0.25, 0.3) is 5.56 Å². The largest absolute Gasteiger partial charge is 0.342 e. The van der Waals surface area contributed by atoms with Crippen LogP contribution in [0, 0.1) is 10.7 Å². The van der Waals surface area contributed by atoms with E-state index in [2.05, 4.69) is 11.9 Å². The van der Waals surface area contributed by atoms with Crippen molar-refractivity contribution in [2.75, 3.05) is 13.1 Å². The van der Waals surface area contributed by atoms with Crippen molar-refractivity contribution in [2.24, 2.45) is 5.92 Å². The number of nitrogens with zero attached hydrogens (tertiary/aromatic N) is 2. The number of likely N-dealkylation sites (tertiary alicyclic amines) is 1. The molecule has 0 unspecified atom stereocenters. The molecule has 6 heteroatoms. The molecule has 0 spiro atoms. The number of hydrogen-bond donors (Lipinski definition) is 1. The van der Waals surface area contributed by atoms with Crippen LogP contribution in [0.1, 0.15) is 32.6 Å². The van der Waals surface area contributed by atoms with Gasteiger partial charge in [-0.1, -0.05) is 19.1 Å². The van der Waals surface area contributed by atoms with E-state index in [1.165, 1.54) is 6.42 Å². The van der Waals surface area contributed by atoms with Gasteiger partial charge in [0.1, 0.15) is 0 Å². The molecule has 1 aromatic carbocycles. The number of nitrogens with one attached hydrogen (secondary N) is 1. The molecule has 2 aromatic rings. The standard InChI is InChI=1S/C18H23N3O2S/c1-13-6-4-10-20(12-13)16(22)9-5-11-21-17(23)14-7-2-3-8-15(14)19-18(21)24/h2-3,7-8,13H,4-6,9-12H2,1H3,(H,19,24)/t13-/m1/s1. The minimum Gasteiger partial charge on any atom is -0.342 e. The lowest BCUT2D eigenvalue weighted by Gasteiger charge is -2.31. The molecule has 3 rings (SSSR count). The predicted molar refractivity (Wildman–Crippen MR) is 97.6 cm³/mol. The molecule has 5 nitrogen and oxygen atoms in total. The first-order valence-electron chi connectivity index (χ1n) is 8.56. The maximum Gasteiger partial charge on any atom is 0.262 e. The number of piperidine rings is 1. The van der Waals surface area contributed by atoms with Gasteiger partial charge in [0.15, 0.2) is 4.77 Å². The molecule has 1 aliphatic rings. The topological polar surface area (TPSA) is 58.1 Å². The molecule has 24 heavy (non-hydrogen) atoms. The van der Waals surface area contributed by atoms with E-state index in [1.54, 1.807) is 10.6 Å². The second-order valence-corrected chi connectivity index (χ2v) is 7.01. The number of rotatable bonds is 4. The number of aromatic amines is 1. The molecule has 0 aliphatic carbocycles. The minimum atomic E-state index is -0.0895. The van der Waals surface area contributed by atoms with Crippen molar-refractivity contribution in [1.82, 2.24) is 14.5 Å². The number of hydrogen-bond acceptors (Lipinski definition) is 3. The van der Waals surface area contributed by atoms with Crippen LogP contribution in [-0.2, 0) is 11.3 Å². The molecule has 1 fully saturated rings. The van der Waals surface area contributed by atoms with Crippen molar-refractivity contribution in [2.45, 2.75) is 39.2 Å². The number of carbonyl (C=O) groups is 1. The van der Waals surface area contributed by atoms with Crippen molar-refractivity contribution in [3.05, 3.63) is 39.4 Å². The Bertz CT molecular complexity index is 855. The Morgan fingerprint density at radius 1 is 1.38 bits per heavy atom. The van der Waals surface area contributed by atoms with Crippen molar-refractivity contribution in [3.8, 4) is 0 Å². The van der Waals surface area contributed by atoms with E-state index >= 15 is 0 Å². The van der Waals surface area contributed by atoms with Crippen LogP contribution in [0.2, 0.25) is 0 Å². The number of H-pyrrole nitrogens is 1. The van der Waals surface area contributed by atoms with Crippen LogP contribution in [0.5, 0.6) is 0 Å². The summed E-state index contributed by atoms with van der Waals surface area (Å²) >= 11 is 5.30. The maximum absolute atomic E-state index is 12.6. The van der Waals surface area contributed by atoms with Crippen LogP contribution < -0.4 is 5.56 Å². The van der Waals surface area contributed by atoms with Gasteiger partial charge in [-0.2, -0.15) is 0 Å². The van der Waals surface area contributed by atoms with Gasteiger partial charge in [0, 0.05) is 26.1 Å². The number of para-hydroxylation sites is 1. The van der Waals surface area contributed by atoms with Crippen LogP contribution in [0.4, 0.5) is 0 Å². The summed E-state index contributed by atoms with van der Waals surface area (Å²) in [5, 5.41) is 0.627. The average molecular weight is 345 g/mol. The van der Waals surface area contributed by atoms with E-state index < -0.39 is 0 Å². The smallest absolute Gasteiger partial charge is 0.262 e. The number of amides is 1. The highest BCUT2D eigenvalue weighted by atomic mass is 32.1. The van der Waals surface area contributed by atoms with Crippen molar-refractivity contribution in [3.63, 3.8) is 0 Å². The minimum absolute atomic E-state index is 0.0895. The van der Waals surface area contributed by atoms with Crippen LogP contribution in [0.15, 0.2) is 29.1 Å². The van der Waals surface area contributed by atoms with Gasteiger partial charge in [0.05, 0.1) is 10.9 Å². The lowest BCUT2D eigenvalue weighted by Crippen LogP contribution is -2.39. The summed E-state index contributed by atoms with van der Waals surface area (Å²) < 4.78 is 1.97. The summed E-state index contributed by atoms with van der Waals surface area (Å²) in [5.41, 5.74) is 0.663. The van der Waals surface area contributed by atoms with Crippen molar-refractivity contribution >= 4 is 29.0 Å². The quantitative estimate of drug-likeness (QED) is 0.866. The second kappa shape index (κ2) is 7.30. The average Bonchev–Trinajstić information content (AvgIpc) is 2.57. The number of carbonyl (C=O) groups excluding carboxylic acids is 1. The fourth-order valence-electron chi connectivity index (χ4n) is 3.36. The zero-order valence-electron chi connectivity index (χ0n) is 14.0. The fourth-order valence-corrected chi connectivity index (χ4v) is 3.65. The Kier molecular flexibility index (Phi) is 5.14. The molecule has 0 saturated carbocycles. The van der Waals surface area contributed by atoms with E-state index in [0.29, 0.717) is 35.5 Å². The number of aromatic nitrogens is 2. The molecule has 1 N–H and O–H groups in total. The monoisotopic (exact) mass is 345 g/mol. The van der Waals surface area contributed by atoms with Crippen molar-refractivity contribution in [1.29, 1.82) is 0 Å². The third kappa shape index (κ3) is 3.59. The molecular formula is C18H23N3O2S. The van der Waals surface area contributed by atoms with Gasteiger partial charge in [-0.05, 0) is 49.5 Å². The molecule has 1 saturated heterocycles.